The Labute approximate surface area is 83.9 Å². The Bertz CT molecular complexity index is 246. The molecule has 13 heavy (non-hydrogen) atoms. The van der Waals surface area contributed by atoms with Crippen LogP contribution in [0.3, 0.4) is 0 Å². The average Bonchev–Trinajstić information content (AvgIpc) is 2.15. The first-order valence-electron chi connectivity index (χ1n) is 4.35. The molecule has 0 amide bonds. The van der Waals surface area contributed by atoms with E-state index in [1.807, 2.05) is 25.3 Å². The van der Waals surface area contributed by atoms with Crippen LogP contribution in [-0.2, 0) is 6.42 Å². The molecular weight excluding hydrogens is 186 g/mol. The van der Waals surface area contributed by atoms with E-state index < -0.39 is 0 Å². The van der Waals surface area contributed by atoms with Gasteiger partial charge < -0.3 is 4.74 Å². The molecular formula is C10H14ClNO. The lowest BCUT2D eigenvalue weighted by molar-refractivity contribution is 0.397. The topological polar surface area (TPSA) is 22.1 Å². The highest BCUT2D eigenvalue weighted by Crippen LogP contribution is 2.11. The summed E-state index contributed by atoms with van der Waals surface area (Å²) in [5.74, 6) is 0.655. The van der Waals surface area contributed by atoms with Gasteiger partial charge in [-0.15, -0.1) is 11.6 Å². The second-order valence-electron chi connectivity index (χ2n) is 3.03. The van der Waals surface area contributed by atoms with E-state index in [-0.39, 0.29) is 5.38 Å². The van der Waals surface area contributed by atoms with Gasteiger partial charge in [0, 0.05) is 17.6 Å². The van der Waals surface area contributed by atoms with Crippen LogP contribution >= 0.6 is 11.6 Å². The van der Waals surface area contributed by atoms with Crippen LogP contribution in [0.25, 0.3) is 0 Å². The van der Waals surface area contributed by atoms with Gasteiger partial charge in [-0.2, -0.15) is 0 Å². The molecule has 0 aliphatic carbocycles. The van der Waals surface area contributed by atoms with Crippen molar-refractivity contribution in [1.82, 2.24) is 4.98 Å². The first-order valence-corrected chi connectivity index (χ1v) is 4.79. The van der Waals surface area contributed by atoms with E-state index in [2.05, 4.69) is 4.98 Å². The van der Waals surface area contributed by atoms with Gasteiger partial charge >= 0.3 is 0 Å². The van der Waals surface area contributed by atoms with E-state index >= 15 is 0 Å². The number of aryl methyl sites for hydroxylation is 1. The number of methoxy groups -OCH3 is 1. The third-order valence-electron chi connectivity index (χ3n) is 1.84. The molecule has 0 aliphatic heterocycles. The number of hydrogen-bond donors (Lipinski definition) is 0. The minimum atomic E-state index is 0.224. The van der Waals surface area contributed by atoms with Gasteiger partial charge in [-0.25, -0.2) is 4.98 Å². The molecule has 0 saturated heterocycles. The maximum atomic E-state index is 5.84. The summed E-state index contributed by atoms with van der Waals surface area (Å²) in [4.78, 5) is 4.11. The molecule has 0 fully saturated rings. The number of nitrogens with zero attached hydrogens (tertiary/aromatic N) is 1. The normalized spacial score (nSPS) is 12.5. The van der Waals surface area contributed by atoms with Crippen LogP contribution in [0.5, 0.6) is 5.88 Å². The highest BCUT2D eigenvalue weighted by Gasteiger charge is 1.99. The fourth-order valence-electron chi connectivity index (χ4n) is 1.05. The van der Waals surface area contributed by atoms with E-state index in [0.29, 0.717) is 5.88 Å². The quantitative estimate of drug-likeness (QED) is 0.696. The van der Waals surface area contributed by atoms with Gasteiger partial charge in [0.2, 0.25) is 5.88 Å². The van der Waals surface area contributed by atoms with Crippen molar-refractivity contribution in [3.05, 3.63) is 23.9 Å². The number of alkyl halides is 1. The second kappa shape index (κ2) is 5.07. The van der Waals surface area contributed by atoms with Gasteiger partial charge in [0.1, 0.15) is 0 Å². The Morgan fingerprint density at radius 1 is 1.54 bits per heavy atom. The zero-order chi connectivity index (χ0) is 9.68. The van der Waals surface area contributed by atoms with Gasteiger partial charge in [0.05, 0.1) is 7.11 Å². The Balaban J connectivity index is 2.49. The minimum absolute atomic E-state index is 0.224. The van der Waals surface area contributed by atoms with Crippen molar-refractivity contribution in [3.63, 3.8) is 0 Å². The van der Waals surface area contributed by atoms with Crippen molar-refractivity contribution < 1.29 is 4.74 Å². The van der Waals surface area contributed by atoms with E-state index in [4.69, 9.17) is 16.3 Å². The Hall–Kier alpha value is -0.760. The summed E-state index contributed by atoms with van der Waals surface area (Å²) >= 11 is 5.84. The fourth-order valence-corrected chi connectivity index (χ4v) is 1.15. The SMILES string of the molecule is COc1ccc(CCC(C)Cl)cn1. The highest BCUT2D eigenvalue weighted by molar-refractivity contribution is 6.20. The number of aromatic nitrogens is 1. The lowest BCUT2D eigenvalue weighted by atomic mass is 10.1. The minimum Gasteiger partial charge on any atom is -0.481 e. The molecule has 1 heterocycles. The van der Waals surface area contributed by atoms with Gasteiger partial charge in [-0.1, -0.05) is 6.07 Å². The summed E-state index contributed by atoms with van der Waals surface area (Å²) < 4.78 is 4.96. The number of hydrogen-bond acceptors (Lipinski definition) is 2. The van der Waals surface area contributed by atoms with Crippen LogP contribution in [0.15, 0.2) is 18.3 Å². The molecule has 1 atom stereocenters. The molecule has 1 aromatic rings. The zero-order valence-electron chi connectivity index (χ0n) is 7.96. The molecule has 0 saturated carbocycles. The van der Waals surface area contributed by atoms with E-state index in [9.17, 15) is 0 Å². The molecule has 0 radical (unpaired) electrons. The number of ether oxygens (including phenoxy) is 1. The third-order valence-corrected chi connectivity index (χ3v) is 2.06. The molecule has 2 nitrogen and oxygen atoms in total. The van der Waals surface area contributed by atoms with Crippen LogP contribution < -0.4 is 4.74 Å². The molecule has 0 aliphatic rings. The summed E-state index contributed by atoms with van der Waals surface area (Å²) in [5, 5.41) is 0.224. The van der Waals surface area contributed by atoms with Crippen molar-refractivity contribution >= 4 is 11.6 Å². The Morgan fingerprint density at radius 3 is 2.77 bits per heavy atom. The van der Waals surface area contributed by atoms with Crippen molar-refractivity contribution in [1.29, 1.82) is 0 Å². The molecule has 0 spiro atoms. The second-order valence-corrected chi connectivity index (χ2v) is 3.77. The summed E-state index contributed by atoms with van der Waals surface area (Å²) in [6, 6.07) is 3.89. The molecule has 3 heteroatoms. The summed E-state index contributed by atoms with van der Waals surface area (Å²) in [5.41, 5.74) is 1.20. The lowest BCUT2D eigenvalue weighted by Gasteiger charge is -2.03. The van der Waals surface area contributed by atoms with Crippen molar-refractivity contribution in [2.75, 3.05) is 7.11 Å². The lowest BCUT2D eigenvalue weighted by Crippen LogP contribution is -1.95. The van der Waals surface area contributed by atoms with Gasteiger partial charge in [-0.05, 0) is 25.3 Å². The van der Waals surface area contributed by atoms with Gasteiger partial charge in [-0.3, -0.25) is 0 Å². The largest absolute Gasteiger partial charge is 0.481 e. The molecule has 0 aromatic carbocycles. The Morgan fingerprint density at radius 2 is 2.31 bits per heavy atom. The smallest absolute Gasteiger partial charge is 0.212 e. The van der Waals surface area contributed by atoms with Gasteiger partial charge in [0.15, 0.2) is 0 Å². The molecule has 1 rings (SSSR count). The number of halogens is 1. The molecule has 0 N–H and O–H groups in total. The average molecular weight is 200 g/mol. The van der Waals surface area contributed by atoms with Crippen LogP contribution in [0.1, 0.15) is 18.9 Å². The predicted molar refractivity (Wildman–Crippen MR) is 54.4 cm³/mol. The molecule has 1 aromatic heterocycles. The van der Waals surface area contributed by atoms with Crippen molar-refractivity contribution in [3.8, 4) is 5.88 Å². The van der Waals surface area contributed by atoms with Crippen LogP contribution in [-0.4, -0.2) is 17.5 Å². The molecule has 72 valence electrons. The first-order chi connectivity index (χ1) is 6.22. The van der Waals surface area contributed by atoms with Crippen LogP contribution in [0.2, 0.25) is 0 Å². The summed E-state index contributed by atoms with van der Waals surface area (Å²) in [6.45, 7) is 2.00. The standard InChI is InChI=1S/C10H14ClNO/c1-8(11)3-4-9-5-6-10(13-2)12-7-9/h5-8H,3-4H2,1-2H3. The highest BCUT2D eigenvalue weighted by atomic mass is 35.5. The van der Waals surface area contributed by atoms with Crippen LogP contribution in [0, 0.1) is 0 Å². The Kier molecular flexibility index (Phi) is 4.03. The van der Waals surface area contributed by atoms with E-state index in [1.54, 1.807) is 7.11 Å². The zero-order valence-corrected chi connectivity index (χ0v) is 8.71. The maximum Gasteiger partial charge on any atom is 0.212 e. The van der Waals surface area contributed by atoms with Gasteiger partial charge in [0.25, 0.3) is 0 Å². The van der Waals surface area contributed by atoms with Crippen LogP contribution in [0.4, 0.5) is 0 Å². The van der Waals surface area contributed by atoms with E-state index in [0.717, 1.165) is 12.8 Å². The number of pyridine rings is 1. The predicted octanol–water partition coefficient (Wildman–Crippen LogP) is 2.65. The maximum absolute atomic E-state index is 5.84. The summed E-state index contributed by atoms with van der Waals surface area (Å²) in [7, 11) is 1.61. The van der Waals surface area contributed by atoms with E-state index in [1.165, 1.54) is 5.56 Å². The first kappa shape index (κ1) is 10.3. The molecule has 1 unspecified atom stereocenters. The monoisotopic (exact) mass is 199 g/mol. The van der Waals surface area contributed by atoms with Crippen molar-refractivity contribution in [2.45, 2.75) is 25.1 Å². The summed E-state index contributed by atoms with van der Waals surface area (Å²) in [6.07, 6.45) is 3.79. The third kappa shape index (κ3) is 3.64. The number of rotatable bonds is 4. The van der Waals surface area contributed by atoms with Crippen molar-refractivity contribution in [2.24, 2.45) is 0 Å². The fraction of sp³-hybridized carbons (Fsp3) is 0.500. The molecule has 0 bridgehead atoms.